The van der Waals surface area contributed by atoms with Crippen molar-refractivity contribution in [3.8, 4) is 5.75 Å². The average Bonchev–Trinajstić information content (AvgIpc) is 3.30. The zero-order valence-corrected chi connectivity index (χ0v) is 17.8. The number of aryl methyl sites for hydroxylation is 1. The summed E-state index contributed by atoms with van der Waals surface area (Å²) in [6.45, 7) is 0.774. The largest absolute Gasteiger partial charge is 0.497 e. The molecule has 3 aromatic rings. The Kier molecular flexibility index (Phi) is 6.60. The molecule has 0 aliphatic carbocycles. The SMILES string of the molecule is COc1ccc(CCC(=O)N2CCCC2c2cccc(Cc3ccc(F)cc3)n2)cc1. The molecular formula is C26H27FN2O2. The molecule has 2 aromatic carbocycles. The van der Waals surface area contributed by atoms with Gasteiger partial charge in [0, 0.05) is 25.1 Å². The molecule has 1 saturated heterocycles. The Bertz CT molecular complexity index is 1020. The van der Waals surface area contributed by atoms with Gasteiger partial charge in [-0.05, 0) is 66.8 Å². The number of benzene rings is 2. The van der Waals surface area contributed by atoms with E-state index in [2.05, 4.69) is 0 Å². The fourth-order valence-corrected chi connectivity index (χ4v) is 4.15. The van der Waals surface area contributed by atoms with Gasteiger partial charge in [-0.1, -0.05) is 30.3 Å². The van der Waals surface area contributed by atoms with Crippen molar-refractivity contribution < 1.29 is 13.9 Å². The number of methoxy groups -OCH3 is 1. The van der Waals surface area contributed by atoms with Gasteiger partial charge < -0.3 is 9.64 Å². The molecule has 31 heavy (non-hydrogen) atoms. The number of carbonyl (C=O) groups is 1. The van der Waals surface area contributed by atoms with Gasteiger partial charge in [-0.2, -0.15) is 0 Å². The number of carbonyl (C=O) groups excluding carboxylic acids is 1. The third kappa shape index (κ3) is 5.29. The van der Waals surface area contributed by atoms with Gasteiger partial charge >= 0.3 is 0 Å². The van der Waals surface area contributed by atoms with Crippen LogP contribution in [0, 0.1) is 5.82 Å². The van der Waals surface area contributed by atoms with E-state index < -0.39 is 0 Å². The van der Waals surface area contributed by atoms with E-state index in [0.29, 0.717) is 19.3 Å². The summed E-state index contributed by atoms with van der Waals surface area (Å²) in [6, 6.07) is 20.4. The summed E-state index contributed by atoms with van der Waals surface area (Å²) < 4.78 is 18.4. The van der Waals surface area contributed by atoms with Crippen molar-refractivity contribution in [3.63, 3.8) is 0 Å². The summed E-state index contributed by atoms with van der Waals surface area (Å²) in [6.07, 6.45) is 3.76. The first-order valence-electron chi connectivity index (χ1n) is 10.7. The molecule has 0 bridgehead atoms. The van der Waals surface area contributed by atoms with E-state index in [-0.39, 0.29) is 17.8 Å². The second-order valence-electron chi connectivity index (χ2n) is 7.95. The summed E-state index contributed by atoms with van der Waals surface area (Å²) in [5.41, 5.74) is 4.02. The standard InChI is InChI=1S/C26H27FN2O2/c1-31-23-14-9-19(10-15-23)11-16-26(30)29-17-3-6-25(29)24-5-2-4-22(28-24)18-20-7-12-21(27)13-8-20/h2,4-5,7-10,12-15,25H,3,6,11,16-18H2,1H3. The van der Waals surface area contributed by atoms with Crippen LogP contribution in [0.3, 0.4) is 0 Å². The van der Waals surface area contributed by atoms with Gasteiger partial charge in [0.25, 0.3) is 0 Å². The van der Waals surface area contributed by atoms with Crippen LogP contribution in [0.5, 0.6) is 5.75 Å². The smallest absolute Gasteiger partial charge is 0.223 e. The highest BCUT2D eigenvalue weighted by molar-refractivity contribution is 5.77. The lowest BCUT2D eigenvalue weighted by molar-refractivity contribution is -0.132. The maximum Gasteiger partial charge on any atom is 0.223 e. The molecule has 0 radical (unpaired) electrons. The molecule has 4 rings (SSSR count). The number of hydrogen-bond donors (Lipinski definition) is 0. The predicted octanol–water partition coefficient (Wildman–Crippen LogP) is 5.12. The number of amides is 1. The minimum Gasteiger partial charge on any atom is -0.497 e. The van der Waals surface area contributed by atoms with Crippen LogP contribution in [0.2, 0.25) is 0 Å². The molecule has 1 fully saturated rings. The van der Waals surface area contributed by atoms with Gasteiger partial charge in [-0.25, -0.2) is 4.39 Å². The van der Waals surface area contributed by atoms with Crippen LogP contribution < -0.4 is 4.74 Å². The molecule has 1 aromatic heterocycles. The third-order valence-corrected chi connectivity index (χ3v) is 5.83. The fraction of sp³-hybridized carbons (Fsp3) is 0.308. The Balaban J connectivity index is 1.41. The molecule has 4 nitrogen and oxygen atoms in total. The Morgan fingerprint density at radius 1 is 1.06 bits per heavy atom. The Morgan fingerprint density at radius 3 is 2.55 bits per heavy atom. The summed E-state index contributed by atoms with van der Waals surface area (Å²) in [5, 5.41) is 0. The van der Waals surface area contributed by atoms with Crippen molar-refractivity contribution in [2.45, 2.75) is 38.1 Å². The number of aromatic nitrogens is 1. The monoisotopic (exact) mass is 418 g/mol. The lowest BCUT2D eigenvalue weighted by Crippen LogP contribution is -2.31. The van der Waals surface area contributed by atoms with E-state index in [4.69, 9.17) is 9.72 Å². The van der Waals surface area contributed by atoms with Crippen LogP contribution in [0.25, 0.3) is 0 Å². The summed E-state index contributed by atoms with van der Waals surface area (Å²) in [5.74, 6) is 0.755. The van der Waals surface area contributed by atoms with Gasteiger partial charge in [0.15, 0.2) is 0 Å². The highest BCUT2D eigenvalue weighted by Gasteiger charge is 2.30. The van der Waals surface area contributed by atoms with Gasteiger partial charge in [-0.3, -0.25) is 9.78 Å². The van der Waals surface area contributed by atoms with E-state index in [9.17, 15) is 9.18 Å². The van der Waals surface area contributed by atoms with Crippen LogP contribution in [0.1, 0.15) is 47.8 Å². The summed E-state index contributed by atoms with van der Waals surface area (Å²) in [7, 11) is 1.65. The fourth-order valence-electron chi connectivity index (χ4n) is 4.15. The first kappa shape index (κ1) is 21.0. The molecular weight excluding hydrogens is 391 g/mol. The zero-order chi connectivity index (χ0) is 21.6. The number of rotatable bonds is 7. The van der Waals surface area contributed by atoms with Crippen molar-refractivity contribution in [1.82, 2.24) is 9.88 Å². The van der Waals surface area contributed by atoms with Crippen molar-refractivity contribution in [1.29, 1.82) is 0 Å². The lowest BCUT2D eigenvalue weighted by Gasteiger charge is -2.25. The number of ether oxygens (including phenoxy) is 1. The molecule has 1 atom stereocenters. The topological polar surface area (TPSA) is 42.4 Å². The summed E-state index contributed by atoms with van der Waals surface area (Å²) >= 11 is 0. The zero-order valence-electron chi connectivity index (χ0n) is 17.8. The van der Waals surface area contributed by atoms with Crippen molar-refractivity contribution in [2.24, 2.45) is 0 Å². The average molecular weight is 419 g/mol. The third-order valence-electron chi connectivity index (χ3n) is 5.83. The Morgan fingerprint density at radius 2 is 1.81 bits per heavy atom. The van der Waals surface area contributed by atoms with Gasteiger partial charge in [-0.15, -0.1) is 0 Å². The van der Waals surface area contributed by atoms with Crippen molar-refractivity contribution in [3.05, 3.63) is 95.1 Å². The molecule has 1 unspecified atom stereocenters. The number of nitrogens with zero attached hydrogens (tertiary/aromatic N) is 2. The predicted molar refractivity (Wildman–Crippen MR) is 118 cm³/mol. The second-order valence-corrected chi connectivity index (χ2v) is 7.95. The highest BCUT2D eigenvalue weighted by Crippen LogP contribution is 2.32. The summed E-state index contributed by atoms with van der Waals surface area (Å²) in [4.78, 5) is 19.8. The number of hydrogen-bond acceptors (Lipinski definition) is 3. The van der Waals surface area contributed by atoms with E-state index in [0.717, 1.165) is 47.7 Å². The number of halogens is 1. The van der Waals surface area contributed by atoms with Gasteiger partial charge in [0.05, 0.1) is 18.8 Å². The molecule has 0 spiro atoms. The molecule has 0 N–H and O–H groups in total. The molecule has 1 aliphatic rings. The molecule has 1 aliphatic heterocycles. The van der Waals surface area contributed by atoms with E-state index in [1.165, 1.54) is 12.1 Å². The van der Waals surface area contributed by atoms with Crippen LogP contribution in [-0.4, -0.2) is 29.4 Å². The molecule has 1 amide bonds. The normalized spacial score (nSPS) is 15.8. The second kappa shape index (κ2) is 9.73. The highest BCUT2D eigenvalue weighted by atomic mass is 19.1. The molecule has 2 heterocycles. The quantitative estimate of drug-likeness (QED) is 0.535. The van der Waals surface area contributed by atoms with Crippen LogP contribution in [0.4, 0.5) is 4.39 Å². The lowest BCUT2D eigenvalue weighted by atomic mass is 10.1. The molecule has 160 valence electrons. The van der Waals surface area contributed by atoms with E-state index in [1.807, 2.05) is 47.4 Å². The first-order valence-corrected chi connectivity index (χ1v) is 10.7. The van der Waals surface area contributed by atoms with Crippen LogP contribution >= 0.6 is 0 Å². The van der Waals surface area contributed by atoms with Crippen LogP contribution in [0.15, 0.2) is 66.7 Å². The van der Waals surface area contributed by atoms with E-state index >= 15 is 0 Å². The van der Waals surface area contributed by atoms with Crippen LogP contribution in [-0.2, 0) is 17.6 Å². The van der Waals surface area contributed by atoms with Crippen molar-refractivity contribution >= 4 is 5.91 Å². The first-order chi connectivity index (χ1) is 15.1. The van der Waals surface area contributed by atoms with Crippen molar-refractivity contribution in [2.75, 3.05) is 13.7 Å². The maximum atomic E-state index is 13.2. The number of pyridine rings is 1. The van der Waals surface area contributed by atoms with Gasteiger partial charge in [0.2, 0.25) is 5.91 Å². The maximum absolute atomic E-state index is 13.2. The minimum atomic E-state index is -0.236. The Hall–Kier alpha value is -3.21. The van der Waals surface area contributed by atoms with E-state index in [1.54, 1.807) is 19.2 Å². The number of likely N-dealkylation sites (tertiary alicyclic amines) is 1. The molecule has 0 saturated carbocycles. The Labute approximate surface area is 182 Å². The minimum absolute atomic E-state index is 0.0246. The van der Waals surface area contributed by atoms with Gasteiger partial charge in [0.1, 0.15) is 11.6 Å². The molecule has 5 heteroatoms.